The molecule has 0 aromatic heterocycles. The molecule has 3 aliphatic carbocycles. The van der Waals surface area contributed by atoms with Crippen LogP contribution in [0.3, 0.4) is 0 Å². The summed E-state index contributed by atoms with van der Waals surface area (Å²) < 4.78 is 2.00. The standard InChI is InChI=1S/C19H17BrO.C10H12Br2.C9H7BrO/c20-16-6-5-15-12-19(18(21)17(15)11-16)9-7-13-3-1-2-4-14(13)8-10-19;11-7-5-9-3-1-2-4-10(9)6-8-12;10-7-3-1-6-2-4-9(11)8(6)5-7/h1-6,11H,7-10,12H2;1-4H,5-8H2;1,3,5H,2,4H2. The van der Waals surface area contributed by atoms with E-state index in [-0.39, 0.29) is 11.2 Å². The number of rotatable bonds is 4. The fraction of sp³-hybridized carbons (Fsp3) is 0.316. The van der Waals surface area contributed by atoms with Gasteiger partial charge >= 0.3 is 0 Å². The van der Waals surface area contributed by atoms with Gasteiger partial charge in [-0.1, -0.05) is 124 Å². The van der Waals surface area contributed by atoms with Crippen molar-refractivity contribution in [3.05, 3.63) is 138 Å². The molecule has 0 fully saturated rings. The molecular formula is C38H36Br4O2. The summed E-state index contributed by atoms with van der Waals surface area (Å²) in [6.45, 7) is 0. The van der Waals surface area contributed by atoms with E-state index in [0.29, 0.717) is 12.2 Å². The quantitative estimate of drug-likeness (QED) is 0.192. The molecule has 0 N–H and O–H groups in total. The van der Waals surface area contributed by atoms with Crippen molar-refractivity contribution in [1.82, 2.24) is 0 Å². The summed E-state index contributed by atoms with van der Waals surface area (Å²) in [5.41, 5.74) is 9.89. The number of halogens is 4. The molecule has 3 aliphatic rings. The predicted molar refractivity (Wildman–Crippen MR) is 196 cm³/mol. The first-order chi connectivity index (χ1) is 21.3. The maximum Gasteiger partial charge on any atom is 0.169 e. The number of Topliss-reactive ketones (excluding diaryl/α,β-unsaturated/α-hetero) is 2. The number of benzene rings is 4. The minimum Gasteiger partial charge on any atom is -0.294 e. The normalized spacial score (nSPS) is 15.7. The van der Waals surface area contributed by atoms with Gasteiger partial charge in [-0.25, -0.2) is 0 Å². The fourth-order valence-corrected chi connectivity index (χ4v) is 8.20. The minimum atomic E-state index is -0.165. The van der Waals surface area contributed by atoms with E-state index in [1.165, 1.54) is 33.4 Å². The van der Waals surface area contributed by atoms with Crippen molar-refractivity contribution in [2.75, 3.05) is 10.7 Å². The highest BCUT2D eigenvalue weighted by molar-refractivity contribution is 9.11. The first-order valence-corrected chi connectivity index (χ1v) is 19.1. The summed E-state index contributed by atoms with van der Waals surface area (Å²) in [6, 6.07) is 29.4. The number of fused-ring (bicyclic) bond motifs is 3. The Kier molecular flexibility index (Phi) is 11.9. The molecule has 44 heavy (non-hydrogen) atoms. The lowest BCUT2D eigenvalue weighted by molar-refractivity contribution is 0.0793. The van der Waals surface area contributed by atoms with Crippen molar-refractivity contribution in [2.24, 2.45) is 5.41 Å². The molecule has 4 aromatic carbocycles. The van der Waals surface area contributed by atoms with Crippen molar-refractivity contribution in [3.8, 4) is 0 Å². The van der Waals surface area contributed by atoms with Gasteiger partial charge in [-0.15, -0.1) is 0 Å². The molecular weight excluding hydrogens is 808 g/mol. The van der Waals surface area contributed by atoms with E-state index in [1.54, 1.807) is 0 Å². The number of hydrogen-bond donors (Lipinski definition) is 0. The summed E-state index contributed by atoms with van der Waals surface area (Å²) >= 11 is 13.8. The number of alkyl halides is 2. The molecule has 0 unspecified atom stereocenters. The van der Waals surface area contributed by atoms with Gasteiger partial charge in [0.05, 0.1) is 0 Å². The molecule has 0 amide bonds. The average molecular weight is 844 g/mol. The first kappa shape index (κ1) is 33.5. The number of ketones is 2. The highest BCUT2D eigenvalue weighted by Gasteiger charge is 2.45. The molecule has 0 aliphatic heterocycles. The van der Waals surface area contributed by atoms with E-state index < -0.39 is 0 Å². The van der Waals surface area contributed by atoms with Gasteiger partial charge < -0.3 is 0 Å². The third-order valence-electron chi connectivity index (χ3n) is 9.03. The van der Waals surface area contributed by atoms with Gasteiger partial charge in [-0.3, -0.25) is 9.59 Å². The Balaban J connectivity index is 0.000000143. The maximum absolute atomic E-state index is 13.0. The Morgan fingerprint density at radius 3 is 1.66 bits per heavy atom. The summed E-state index contributed by atoms with van der Waals surface area (Å²) in [5, 5.41) is 2.10. The average Bonchev–Trinajstić information content (AvgIpc) is 3.45. The van der Waals surface area contributed by atoms with Crippen LogP contribution in [-0.4, -0.2) is 22.2 Å². The Morgan fingerprint density at radius 2 is 1.09 bits per heavy atom. The molecule has 0 bridgehead atoms. The Morgan fingerprint density at radius 1 is 0.568 bits per heavy atom. The van der Waals surface area contributed by atoms with Crippen molar-refractivity contribution in [1.29, 1.82) is 0 Å². The molecule has 228 valence electrons. The van der Waals surface area contributed by atoms with Gasteiger partial charge in [-0.2, -0.15) is 0 Å². The third kappa shape index (κ3) is 7.92. The maximum atomic E-state index is 13.0. The van der Waals surface area contributed by atoms with Gasteiger partial charge in [0.2, 0.25) is 0 Å². The number of hydrogen-bond acceptors (Lipinski definition) is 2. The van der Waals surface area contributed by atoms with Crippen LogP contribution in [0.1, 0.15) is 73.4 Å². The van der Waals surface area contributed by atoms with Crippen LogP contribution < -0.4 is 0 Å². The SMILES string of the molecule is BrCCc1ccccc1CCBr.O=C1CCc2ccc(Br)cc21.O=C1c2cc(Br)ccc2CC12CCc1ccccc1CC2. The summed E-state index contributed by atoms with van der Waals surface area (Å²) in [6.07, 6.45) is 8.79. The van der Waals surface area contributed by atoms with Gasteiger partial charge in [0, 0.05) is 42.6 Å². The van der Waals surface area contributed by atoms with Crippen molar-refractivity contribution in [2.45, 2.75) is 57.8 Å². The predicted octanol–water partition coefficient (Wildman–Crippen LogP) is 10.9. The highest BCUT2D eigenvalue weighted by atomic mass is 79.9. The summed E-state index contributed by atoms with van der Waals surface area (Å²) in [7, 11) is 0. The van der Waals surface area contributed by atoms with Crippen LogP contribution >= 0.6 is 63.7 Å². The Labute approximate surface area is 294 Å². The van der Waals surface area contributed by atoms with E-state index in [9.17, 15) is 9.59 Å². The minimum absolute atomic E-state index is 0.165. The molecule has 7 rings (SSSR count). The highest BCUT2D eigenvalue weighted by Crippen LogP contribution is 2.46. The fourth-order valence-electron chi connectivity index (χ4n) is 6.62. The zero-order valence-corrected chi connectivity index (χ0v) is 31.0. The van der Waals surface area contributed by atoms with Crippen LogP contribution in [0, 0.1) is 5.41 Å². The lowest BCUT2D eigenvalue weighted by Gasteiger charge is -2.25. The summed E-state index contributed by atoms with van der Waals surface area (Å²) in [4.78, 5) is 24.2. The van der Waals surface area contributed by atoms with E-state index in [1.807, 2.05) is 24.3 Å². The van der Waals surface area contributed by atoms with Crippen LogP contribution in [0.5, 0.6) is 0 Å². The molecule has 0 atom stereocenters. The van der Waals surface area contributed by atoms with Crippen LogP contribution in [0.4, 0.5) is 0 Å². The largest absolute Gasteiger partial charge is 0.294 e. The van der Waals surface area contributed by atoms with Crippen LogP contribution in [0.25, 0.3) is 0 Å². The zero-order chi connectivity index (χ0) is 31.1. The lowest BCUT2D eigenvalue weighted by Crippen LogP contribution is -2.28. The van der Waals surface area contributed by atoms with Crippen molar-refractivity contribution < 1.29 is 9.59 Å². The second kappa shape index (κ2) is 15.6. The monoisotopic (exact) mass is 840 g/mol. The van der Waals surface area contributed by atoms with Gasteiger partial charge in [0.25, 0.3) is 0 Å². The van der Waals surface area contributed by atoms with Crippen molar-refractivity contribution in [3.63, 3.8) is 0 Å². The molecule has 0 saturated carbocycles. The molecule has 6 heteroatoms. The van der Waals surface area contributed by atoms with E-state index in [0.717, 1.165) is 82.1 Å². The zero-order valence-electron chi connectivity index (χ0n) is 24.7. The van der Waals surface area contributed by atoms with Crippen LogP contribution in [-0.2, 0) is 38.5 Å². The van der Waals surface area contributed by atoms with E-state index in [4.69, 9.17) is 0 Å². The lowest BCUT2D eigenvalue weighted by atomic mass is 9.76. The Hall–Kier alpha value is -1.86. The van der Waals surface area contributed by atoms with Gasteiger partial charge in [-0.05, 0) is 109 Å². The molecule has 0 saturated heterocycles. The molecule has 1 spiro atoms. The Bertz CT molecular complexity index is 1590. The third-order valence-corrected chi connectivity index (χ3v) is 10.8. The topological polar surface area (TPSA) is 34.1 Å². The summed E-state index contributed by atoms with van der Waals surface area (Å²) in [5.74, 6) is 0.646. The molecule has 0 radical (unpaired) electrons. The van der Waals surface area contributed by atoms with Gasteiger partial charge in [0.1, 0.15) is 0 Å². The van der Waals surface area contributed by atoms with E-state index >= 15 is 0 Å². The smallest absolute Gasteiger partial charge is 0.169 e. The van der Waals surface area contributed by atoms with E-state index in [2.05, 4.69) is 124 Å². The van der Waals surface area contributed by atoms with Gasteiger partial charge in [0.15, 0.2) is 11.6 Å². The number of carbonyl (C=O) groups is 2. The van der Waals surface area contributed by atoms with Crippen molar-refractivity contribution >= 4 is 75.3 Å². The first-order valence-electron chi connectivity index (χ1n) is 15.2. The number of carbonyl (C=O) groups excluding carboxylic acids is 2. The number of aryl methyl sites for hydroxylation is 5. The van der Waals surface area contributed by atoms with Crippen LogP contribution in [0.15, 0.2) is 93.9 Å². The molecule has 4 aromatic rings. The second-order valence-electron chi connectivity index (χ2n) is 11.7. The molecule has 2 nitrogen and oxygen atoms in total. The second-order valence-corrected chi connectivity index (χ2v) is 15.1. The molecule has 0 heterocycles. The van der Waals surface area contributed by atoms with Crippen LogP contribution in [0.2, 0.25) is 0 Å².